The second kappa shape index (κ2) is 6.38. The van der Waals surface area contributed by atoms with E-state index in [0.717, 1.165) is 26.3 Å². The lowest BCUT2D eigenvalue weighted by Gasteiger charge is -2.42. The summed E-state index contributed by atoms with van der Waals surface area (Å²) in [6.07, 6.45) is 5.30. The lowest BCUT2D eigenvalue weighted by atomic mass is 9.67. The zero-order valence-electron chi connectivity index (χ0n) is 9.47. The SMILES string of the molecule is COCCNCC1(CCOC)CCC1. The third-order valence-corrected chi connectivity index (χ3v) is 3.23. The van der Waals surface area contributed by atoms with Gasteiger partial charge < -0.3 is 14.8 Å². The Morgan fingerprint density at radius 1 is 1.14 bits per heavy atom. The van der Waals surface area contributed by atoms with Crippen molar-refractivity contribution in [2.45, 2.75) is 25.7 Å². The number of hydrogen-bond acceptors (Lipinski definition) is 3. The molecule has 1 fully saturated rings. The highest BCUT2D eigenvalue weighted by atomic mass is 16.5. The molecule has 0 aromatic carbocycles. The van der Waals surface area contributed by atoms with E-state index in [2.05, 4.69) is 5.32 Å². The lowest BCUT2D eigenvalue weighted by Crippen LogP contribution is -2.41. The van der Waals surface area contributed by atoms with Crippen LogP contribution in [0.15, 0.2) is 0 Å². The van der Waals surface area contributed by atoms with Crippen molar-refractivity contribution in [2.75, 3.05) is 40.5 Å². The molecule has 0 atom stereocenters. The first kappa shape index (κ1) is 12.0. The largest absolute Gasteiger partial charge is 0.385 e. The van der Waals surface area contributed by atoms with Crippen LogP contribution in [-0.4, -0.2) is 40.5 Å². The highest BCUT2D eigenvalue weighted by molar-refractivity contribution is 4.89. The molecule has 1 rings (SSSR count). The summed E-state index contributed by atoms with van der Waals surface area (Å²) in [5.74, 6) is 0. The molecule has 1 saturated carbocycles. The molecule has 0 aliphatic heterocycles. The molecular formula is C11H23NO2. The van der Waals surface area contributed by atoms with E-state index < -0.39 is 0 Å². The fourth-order valence-electron chi connectivity index (χ4n) is 2.04. The summed E-state index contributed by atoms with van der Waals surface area (Å²) in [5, 5.41) is 3.46. The summed E-state index contributed by atoms with van der Waals surface area (Å²) in [6.45, 7) is 3.79. The zero-order chi connectivity index (χ0) is 10.3. The van der Waals surface area contributed by atoms with Gasteiger partial charge in [0, 0.05) is 33.9 Å². The van der Waals surface area contributed by atoms with E-state index in [0.29, 0.717) is 5.41 Å². The Labute approximate surface area is 87.2 Å². The molecule has 0 aromatic heterocycles. The summed E-state index contributed by atoms with van der Waals surface area (Å²) < 4.78 is 10.2. The van der Waals surface area contributed by atoms with Gasteiger partial charge in [-0.05, 0) is 24.7 Å². The van der Waals surface area contributed by atoms with E-state index in [1.54, 1.807) is 14.2 Å². The first-order valence-corrected chi connectivity index (χ1v) is 5.52. The lowest BCUT2D eigenvalue weighted by molar-refractivity contribution is 0.0672. The van der Waals surface area contributed by atoms with Crippen molar-refractivity contribution in [3.8, 4) is 0 Å². The molecule has 14 heavy (non-hydrogen) atoms. The predicted molar refractivity (Wildman–Crippen MR) is 57.5 cm³/mol. The van der Waals surface area contributed by atoms with Crippen molar-refractivity contribution in [3.05, 3.63) is 0 Å². The summed E-state index contributed by atoms with van der Waals surface area (Å²) in [4.78, 5) is 0. The molecule has 0 unspecified atom stereocenters. The van der Waals surface area contributed by atoms with Crippen LogP contribution in [0.4, 0.5) is 0 Å². The topological polar surface area (TPSA) is 30.5 Å². The fourth-order valence-corrected chi connectivity index (χ4v) is 2.04. The minimum absolute atomic E-state index is 0.531. The van der Waals surface area contributed by atoms with E-state index in [4.69, 9.17) is 9.47 Å². The number of ether oxygens (including phenoxy) is 2. The van der Waals surface area contributed by atoms with Gasteiger partial charge in [0.25, 0.3) is 0 Å². The molecule has 0 aromatic rings. The van der Waals surface area contributed by atoms with Gasteiger partial charge in [-0.2, -0.15) is 0 Å². The highest BCUT2D eigenvalue weighted by Crippen LogP contribution is 2.43. The summed E-state index contributed by atoms with van der Waals surface area (Å²) in [7, 11) is 3.52. The average Bonchev–Trinajstić information content (AvgIpc) is 2.15. The van der Waals surface area contributed by atoms with Gasteiger partial charge in [-0.15, -0.1) is 0 Å². The van der Waals surface area contributed by atoms with Crippen molar-refractivity contribution in [3.63, 3.8) is 0 Å². The maximum Gasteiger partial charge on any atom is 0.0587 e. The van der Waals surface area contributed by atoms with Gasteiger partial charge in [0.05, 0.1) is 6.61 Å². The van der Waals surface area contributed by atoms with Gasteiger partial charge in [0.15, 0.2) is 0 Å². The van der Waals surface area contributed by atoms with Gasteiger partial charge in [-0.25, -0.2) is 0 Å². The minimum atomic E-state index is 0.531. The van der Waals surface area contributed by atoms with Crippen LogP contribution in [0, 0.1) is 5.41 Å². The third kappa shape index (κ3) is 3.56. The number of methoxy groups -OCH3 is 2. The molecule has 1 N–H and O–H groups in total. The van der Waals surface area contributed by atoms with Crippen LogP contribution in [0.1, 0.15) is 25.7 Å². The molecular weight excluding hydrogens is 178 g/mol. The molecule has 1 aliphatic carbocycles. The second-order valence-electron chi connectivity index (χ2n) is 4.27. The van der Waals surface area contributed by atoms with Crippen molar-refractivity contribution >= 4 is 0 Å². The van der Waals surface area contributed by atoms with Crippen molar-refractivity contribution in [1.29, 1.82) is 0 Å². The highest BCUT2D eigenvalue weighted by Gasteiger charge is 2.35. The molecule has 3 nitrogen and oxygen atoms in total. The molecule has 3 heteroatoms. The van der Waals surface area contributed by atoms with Gasteiger partial charge in [0.2, 0.25) is 0 Å². The number of hydrogen-bond donors (Lipinski definition) is 1. The Kier molecular flexibility index (Phi) is 5.45. The van der Waals surface area contributed by atoms with Gasteiger partial charge in [-0.1, -0.05) is 6.42 Å². The zero-order valence-corrected chi connectivity index (χ0v) is 9.47. The predicted octanol–water partition coefficient (Wildman–Crippen LogP) is 1.43. The van der Waals surface area contributed by atoms with Crippen LogP contribution in [0.2, 0.25) is 0 Å². The van der Waals surface area contributed by atoms with Crippen LogP contribution in [0.3, 0.4) is 0 Å². The maximum atomic E-state index is 5.15. The van der Waals surface area contributed by atoms with E-state index in [1.165, 1.54) is 25.7 Å². The molecule has 1 aliphatic rings. The number of rotatable bonds is 8. The van der Waals surface area contributed by atoms with Crippen LogP contribution in [0.25, 0.3) is 0 Å². The van der Waals surface area contributed by atoms with E-state index in [-0.39, 0.29) is 0 Å². The van der Waals surface area contributed by atoms with Crippen molar-refractivity contribution in [2.24, 2.45) is 5.41 Å². The van der Waals surface area contributed by atoms with Crippen LogP contribution < -0.4 is 5.32 Å². The summed E-state index contributed by atoms with van der Waals surface area (Å²) >= 11 is 0. The van der Waals surface area contributed by atoms with Gasteiger partial charge >= 0.3 is 0 Å². The summed E-state index contributed by atoms with van der Waals surface area (Å²) in [6, 6.07) is 0. The van der Waals surface area contributed by atoms with Crippen molar-refractivity contribution < 1.29 is 9.47 Å². The maximum absolute atomic E-state index is 5.15. The second-order valence-corrected chi connectivity index (χ2v) is 4.27. The molecule has 0 heterocycles. The van der Waals surface area contributed by atoms with E-state index >= 15 is 0 Å². The Balaban J connectivity index is 2.10. The molecule has 0 radical (unpaired) electrons. The normalized spacial score (nSPS) is 19.3. The van der Waals surface area contributed by atoms with E-state index in [1.807, 2.05) is 0 Å². The molecule has 0 amide bonds. The molecule has 84 valence electrons. The Morgan fingerprint density at radius 2 is 1.86 bits per heavy atom. The standard InChI is InChI=1S/C11H23NO2/c1-13-8-6-11(4-3-5-11)10-12-7-9-14-2/h12H,3-10H2,1-2H3. The monoisotopic (exact) mass is 201 g/mol. The van der Waals surface area contributed by atoms with Crippen LogP contribution in [-0.2, 0) is 9.47 Å². The summed E-state index contributed by atoms with van der Waals surface area (Å²) in [5.41, 5.74) is 0.531. The first-order chi connectivity index (χ1) is 6.83. The smallest absolute Gasteiger partial charge is 0.0587 e. The average molecular weight is 201 g/mol. The fraction of sp³-hybridized carbons (Fsp3) is 1.00. The minimum Gasteiger partial charge on any atom is -0.385 e. The quantitative estimate of drug-likeness (QED) is 0.603. The van der Waals surface area contributed by atoms with E-state index in [9.17, 15) is 0 Å². The van der Waals surface area contributed by atoms with Gasteiger partial charge in [-0.3, -0.25) is 0 Å². The number of nitrogens with one attached hydrogen (secondary N) is 1. The third-order valence-electron chi connectivity index (χ3n) is 3.23. The Hall–Kier alpha value is -0.120. The Bertz CT molecular complexity index is 146. The van der Waals surface area contributed by atoms with Crippen molar-refractivity contribution in [1.82, 2.24) is 5.32 Å². The van der Waals surface area contributed by atoms with Gasteiger partial charge in [0.1, 0.15) is 0 Å². The molecule has 0 spiro atoms. The van der Waals surface area contributed by atoms with Crippen LogP contribution >= 0.6 is 0 Å². The Morgan fingerprint density at radius 3 is 2.36 bits per heavy atom. The van der Waals surface area contributed by atoms with Crippen LogP contribution in [0.5, 0.6) is 0 Å². The molecule has 0 saturated heterocycles. The first-order valence-electron chi connectivity index (χ1n) is 5.52. The molecule has 0 bridgehead atoms.